The first kappa shape index (κ1) is 29.3. The van der Waals surface area contributed by atoms with Crippen molar-refractivity contribution in [3.8, 4) is 0 Å². The third-order valence-electron chi connectivity index (χ3n) is 7.29. The zero-order valence-corrected chi connectivity index (χ0v) is 23.5. The lowest BCUT2D eigenvalue weighted by Crippen LogP contribution is -3.00. The Bertz CT molecular complexity index is 1220. The van der Waals surface area contributed by atoms with Gasteiger partial charge >= 0.3 is 5.97 Å². The minimum Gasteiger partial charge on any atom is -1.00 e. The monoisotopic (exact) mass is 578 g/mol. The largest absolute Gasteiger partial charge is 1.00 e. The summed E-state index contributed by atoms with van der Waals surface area (Å²) in [5.74, 6) is 0.540. The summed E-state index contributed by atoms with van der Waals surface area (Å²) >= 11 is 0. The number of ether oxygens (including phenoxy) is 1. The zero-order valence-electron chi connectivity index (χ0n) is 21.9. The average molecular weight is 580 g/mol. The molecule has 1 atom stereocenters. The van der Waals surface area contributed by atoms with E-state index in [0.29, 0.717) is 18.0 Å². The van der Waals surface area contributed by atoms with Gasteiger partial charge in [0, 0.05) is 48.2 Å². The highest BCUT2D eigenvalue weighted by Gasteiger charge is 2.48. The van der Waals surface area contributed by atoms with Crippen molar-refractivity contribution in [1.29, 1.82) is 0 Å². The second kappa shape index (κ2) is 13.5. The molecule has 0 saturated carbocycles. The Morgan fingerprint density at radius 3 is 2.03 bits per heavy atom. The van der Waals surface area contributed by atoms with E-state index in [1.165, 1.54) is 6.92 Å². The van der Waals surface area contributed by atoms with Crippen LogP contribution in [0.25, 0.3) is 0 Å². The van der Waals surface area contributed by atoms with Gasteiger partial charge < -0.3 is 31.5 Å². The van der Waals surface area contributed by atoms with Crippen LogP contribution in [0.1, 0.15) is 47.4 Å². The molecule has 0 amide bonds. The number of para-hydroxylation sites is 2. The predicted molar refractivity (Wildman–Crippen MR) is 145 cm³/mol. The molecule has 3 aliphatic rings. The normalized spacial score (nSPS) is 21.2. The number of ketones is 2. The molecule has 3 saturated heterocycles. The molecule has 3 aliphatic heterocycles. The van der Waals surface area contributed by atoms with E-state index in [1.807, 2.05) is 84.9 Å². The van der Waals surface area contributed by atoms with Gasteiger partial charge in [-0.05, 0) is 31.2 Å². The fourth-order valence-corrected chi connectivity index (χ4v) is 5.39. The van der Waals surface area contributed by atoms with Crippen molar-refractivity contribution in [2.45, 2.75) is 32.8 Å². The number of carbonyl (C=O) groups is 3. The maximum absolute atomic E-state index is 12.5. The lowest BCUT2D eigenvalue weighted by Gasteiger charge is -2.51. The van der Waals surface area contributed by atoms with Gasteiger partial charge in [0.15, 0.2) is 11.9 Å². The summed E-state index contributed by atoms with van der Waals surface area (Å²) in [6, 6.07) is 26.8. The summed E-state index contributed by atoms with van der Waals surface area (Å²) in [6.45, 7) is 6.42. The number of carbonyl (C=O) groups excluding carboxylic acids is 3. The van der Waals surface area contributed by atoms with Crippen LogP contribution in [0.15, 0.2) is 84.9 Å². The van der Waals surface area contributed by atoms with Crippen molar-refractivity contribution in [2.75, 3.05) is 31.5 Å². The summed E-state index contributed by atoms with van der Waals surface area (Å²) in [7, 11) is 0. The number of quaternary nitrogens is 1. The number of nitrogens with one attached hydrogen (secondary N) is 1. The third kappa shape index (κ3) is 7.62. The zero-order chi connectivity index (χ0) is 26.3. The van der Waals surface area contributed by atoms with Crippen molar-refractivity contribution < 1.29 is 40.6 Å². The van der Waals surface area contributed by atoms with Gasteiger partial charge in [-0.2, -0.15) is 0 Å². The highest BCUT2D eigenvalue weighted by molar-refractivity contribution is 6.00. The molecular formula is C31H35BrN2O4. The van der Waals surface area contributed by atoms with E-state index >= 15 is 0 Å². The van der Waals surface area contributed by atoms with E-state index in [0.717, 1.165) is 53.9 Å². The van der Waals surface area contributed by atoms with Crippen molar-refractivity contribution in [3.63, 3.8) is 0 Å². The Hall–Kier alpha value is -3.29. The molecule has 6 nitrogen and oxygen atoms in total. The molecule has 0 aromatic heterocycles. The summed E-state index contributed by atoms with van der Waals surface area (Å²) < 4.78 is 6.25. The molecule has 3 fully saturated rings. The third-order valence-corrected chi connectivity index (χ3v) is 7.29. The maximum Gasteiger partial charge on any atom is 0.303 e. The molecule has 6 rings (SSSR count). The van der Waals surface area contributed by atoms with Crippen molar-refractivity contribution >= 4 is 28.9 Å². The van der Waals surface area contributed by atoms with E-state index in [1.54, 1.807) is 6.92 Å². The molecule has 7 heteroatoms. The number of hydrogen-bond acceptors (Lipinski definition) is 5. The van der Waals surface area contributed by atoms with Crippen LogP contribution in [0.3, 0.4) is 0 Å². The highest BCUT2D eigenvalue weighted by Crippen LogP contribution is 2.35. The van der Waals surface area contributed by atoms with Crippen LogP contribution < -0.4 is 22.3 Å². The van der Waals surface area contributed by atoms with Gasteiger partial charge in [-0.3, -0.25) is 14.4 Å². The molecular weight excluding hydrogens is 544 g/mol. The van der Waals surface area contributed by atoms with Gasteiger partial charge in [-0.1, -0.05) is 60.7 Å². The molecule has 1 unspecified atom stereocenters. The maximum atomic E-state index is 12.5. The van der Waals surface area contributed by atoms with E-state index in [-0.39, 0.29) is 40.6 Å². The first-order chi connectivity index (χ1) is 17.8. The summed E-state index contributed by atoms with van der Waals surface area (Å²) in [5, 5.41) is 3.23. The number of Topliss-reactive ketones (excluding diaryl/α,β-unsaturated/α-hetero) is 2. The van der Waals surface area contributed by atoms with Gasteiger partial charge in [-0.25, -0.2) is 0 Å². The number of halogens is 1. The molecule has 2 bridgehead atoms. The summed E-state index contributed by atoms with van der Waals surface area (Å²) in [4.78, 5) is 35.2. The van der Waals surface area contributed by atoms with Crippen LogP contribution in [0.2, 0.25) is 0 Å². The van der Waals surface area contributed by atoms with E-state index in [4.69, 9.17) is 4.74 Å². The van der Waals surface area contributed by atoms with Crippen molar-refractivity contribution in [1.82, 2.24) is 0 Å². The summed E-state index contributed by atoms with van der Waals surface area (Å²) in [6.07, 6.45) is 2.11. The van der Waals surface area contributed by atoms with Crippen LogP contribution in [-0.4, -0.2) is 54.3 Å². The Kier molecular flexibility index (Phi) is 10.4. The standard InChI is InChI=1S/C17H22NO3.C14H13NO.BrH/c1-13(19)21-17-12-18(9-7-15(17)8-10-18)11-16(20)14-5-3-2-4-6-14;1-11(16)13-9-5-6-10-14(13)15-12-7-3-2-4-8-12;/h2-6,15,17H,7-12H2,1H3;2-10,15H,1H3;1H/q+1;;/p-1. The lowest BCUT2D eigenvalue weighted by molar-refractivity contribution is -0.938. The molecule has 3 aromatic carbocycles. The van der Waals surface area contributed by atoms with Gasteiger partial charge in [0.05, 0.1) is 13.1 Å². The van der Waals surface area contributed by atoms with Crippen molar-refractivity contribution in [3.05, 3.63) is 96.1 Å². The van der Waals surface area contributed by atoms with E-state index in [9.17, 15) is 14.4 Å². The number of rotatable bonds is 7. The Labute approximate surface area is 235 Å². The van der Waals surface area contributed by atoms with Crippen LogP contribution in [0.5, 0.6) is 0 Å². The van der Waals surface area contributed by atoms with Crippen LogP contribution in [-0.2, 0) is 9.53 Å². The van der Waals surface area contributed by atoms with Crippen LogP contribution in [0, 0.1) is 5.92 Å². The number of anilines is 2. The lowest BCUT2D eigenvalue weighted by atomic mass is 9.83. The molecule has 0 aliphatic carbocycles. The number of fused-ring (bicyclic) bond motifs is 3. The second-order valence-electron chi connectivity index (χ2n) is 10.00. The fourth-order valence-electron chi connectivity index (χ4n) is 5.39. The smallest absolute Gasteiger partial charge is 0.303 e. The minimum absolute atomic E-state index is 0. The minimum atomic E-state index is -0.207. The molecule has 3 aromatic rings. The molecule has 38 heavy (non-hydrogen) atoms. The molecule has 1 N–H and O–H groups in total. The molecule has 3 heterocycles. The van der Waals surface area contributed by atoms with Crippen molar-refractivity contribution in [2.24, 2.45) is 5.92 Å². The number of esters is 1. The fraction of sp³-hybridized carbons (Fsp3) is 0.323. The summed E-state index contributed by atoms with van der Waals surface area (Å²) in [5.41, 5.74) is 3.32. The molecule has 0 radical (unpaired) electrons. The Balaban J connectivity index is 0.000000213. The number of nitrogens with zero attached hydrogens (tertiary/aromatic N) is 1. The first-order valence-electron chi connectivity index (χ1n) is 12.9. The quantitative estimate of drug-likeness (QED) is 0.265. The number of hydrogen-bond donors (Lipinski definition) is 1. The molecule has 0 spiro atoms. The van der Waals surface area contributed by atoms with Gasteiger partial charge in [0.2, 0.25) is 5.78 Å². The number of benzene rings is 3. The highest BCUT2D eigenvalue weighted by atomic mass is 79.9. The second-order valence-corrected chi connectivity index (χ2v) is 10.00. The average Bonchev–Trinajstić information content (AvgIpc) is 2.90. The predicted octanol–water partition coefficient (Wildman–Crippen LogP) is 2.68. The topological polar surface area (TPSA) is 72.5 Å². The van der Waals surface area contributed by atoms with Gasteiger partial charge in [0.1, 0.15) is 13.1 Å². The van der Waals surface area contributed by atoms with Gasteiger partial charge in [0.25, 0.3) is 0 Å². The van der Waals surface area contributed by atoms with Crippen LogP contribution >= 0.6 is 0 Å². The SMILES string of the molecule is CC(=O)OC1C[N+]2(CC(=O)c3ccccc3)CCC1CC2.CC(=O)c1ccccc1Nc1ccccc1.[Br-]. The van der Waals surface area contributed by atoms with E-state index in [2.05, 4.69) is 5.32 Å². The Morgan fingerprint density at radius 2 is 1.42 bits per heavy atom. The first-order valence-corrected chi connectivity index (χ1v) is 12.9. The van der Waals surface area contributed by atoms with Gasteiger partial charge in [-0.15, -0.1) is 0 Å². The van der Waals surface area contributed by atoms with Crippen LogP contribution in [0.4, 0.5) is 11.4 Å². The number of piperidine rings is 3. The molecule has 200 valence electrons. The Morgan fingerprint density at radius 1 is 0.842 bits per heavy atom. The van der Waals surface area contributed by atoms with E-state index < -0.39 is 0 Å².